The second-order valence-corrected chi connectivity index (χ2v) is 7.45. The number of para-hydroxylation sites is 1. The Morgan fingerprint density at radius 2 is 1.83 bits per heavy atom. The van der Waals surface area contributed by atoms with Crippen LogP contribution < -0.4 is 14.8 Å². The van der Waals surface area contributed by atoms with Crippen molar-refractivity contribution in [3.63, 3.8) is 0 Å². The normalized spacial score (nSPS) is 10.7. The van der Waals surface area contributed by atoms with Crippen molar-refractivity contribution in [2.24, 2.45) is 0 Å². The number of benzene rings is 2. The van der Waals surface area contributed by atoms with Crippen molar-refractivity contribution in [2.75, 3.05) is 13.7 Å². The standard InChI is InChI=1S/C24H31NO5/c1-17(2)21-15-19(29-3)12-13-20(21)24(28)25-16-18-9-6-7-10-22(18)30-14-8-4-5-11-23(26)27/h6-7,9-10,12-13,15,17H,4-5,8,11,14,16H2,1-3H3,(H,25,28)(H,26,27). The molecule has 162 valence electrons. The van der Waals surface area contributed by atoms with Gasteiger partial charge in [-0.05, 0) is 55.0 Å². The number of unbranched alkanes of at least 4 members (excludes halogenated alkanes) is 2. The molecular weight excluding hydrogens is 382 g/mol. The third-order valence-corrected chi connectivity index (χ3v) is 4.83. The number of aliphatic carboxylic acids is 1. The lowest BCUT2D eigenvalue weighted by Crippen LogP contribution is -2.24. The van der Waals surface area contributed by atoms with Gasteiger partial charge in [0.1, 0.15) is 11.5 Å². The Bertz CT molecular complexity index is 847. The highest BCUT2D eigenvalue weighted by Gasteiger charge is 2.15. The van der Waals surface area contributed by atoms with Gasteiger partial charge in [0.25, 0.3) is 5.91 Å². The molecule has 6 heteroatoms. The number of carboxylic acid groups (broad SMARTS) is 1. The molecule has 0 spiro atoms. The maximum absolute atomic E-state index is 12.8. The number of hydrogen-bond acceptors (Lipinski definition) is 4. The summed E-state index contributed by atoms with van der Waals surface area (Å²) in [5.41, 5.74) is 2.48. The van der Waals surface area contributed by atoms with Crippen LogP contribution >= 0.6 is 0 Å². The minimum absolute atomic E-state index is 0.134. The lowest BCUT2D eigenvalue weighted by molar-refractivity contribution is -0.137. The van der Waals surface area contributed by atoms with Crippen molar-refractivity contribution in [3.05, 3.63) is 59.2 Å². The number of ether oxygens (including phenoxy) is 2. The predicted molar refractivity (Wildman–Crippen MR) is 116 cm³/mol. The fourth-order valence-electron chi connectivity index (χ4n) is 3.15. The molecule has 2 aromatic rings. The Hall–Kier alpha value is -3.02. The van der Waals surface area contributed by atoms with Crippen LogP contribution in [-0.4, -0.2) is 30.7 Å². The lowest BCUT2D eigenvalue weighted by atomic mass is 9.96. The van der Waals surface area contributed by atoms with Crippen molar-refractivity contribution in [2.45, 2.75) is 52.0 Å². The first-order valence-electron chi connectivity index (χ1n) is 10.3. The molecule has 0 atom stereocenters. The first-order chi connectivity index (χ1) is 14.4. The summed E-state index contributed by atoms with van der Waals surface area (Å²) in [7, 11) is 1.61. The Labute approximate surface area is 178 Å². The Kier molecular flexibility index (Phi) is 9.19. The molecular formula is C24H31NO5. The van der Waals surface area contributed by atoms with E-state index in [2.05, 4.69) is 5.32 Å². The monoisotopic (exact) mass is 413 g/mol. The Balaban J connectivity index is 1.95. The average molecular weight is 414 g/mol. The van der Waals surface area contributed by atoms with Gasteiger partial charge in [-0.25, -0.2) is 0 Å². The number of methoxy groups -OCH3 is 1. The average Bonchev–Trinajstić information content (AvgIpc) is 2.74. The van der Waals surface area contributed by atoms with Gasteiger partial charge in [0.05, 0.1) is 13.7 Å². The Morgan fingerprint density at radius 1 is 1.07 bits per heavy atom. The van der Waals surface area contributed by atoms with Gasteiger partial charge in [0.15, 0.2) is 0 Å². The number of rotatable bonds is 12. The first kappa shape index (κ1) is 23.3. The zero-order valence-corrected chi connectivity index (χ0v) is 17.9. The summed E-state index contributed by atoms with van der Waals surface area (Å²) in [6.45, 7) is 4.97. The predicted octanol–water partition coefficient (Wildman–Crippen LogP) is 4.77. The maximum Gasteiger partial charge on any atom is 0.303 e. The first-order valence-corrected chi connectivity index (χ1v) is 10.3. The molecule has 30 heavy (non-hydrogen) atoms. The molecule has 1 amide bonds. The zero-order chi connectivity index (χ0) is 21.9. The molecule has 0 unspecified atom stereocenters. The highest BCUT2D eigenvalue weighted by Crippen LogP contribution is 2.25. The van der Waals surface area contributed by atoms with Crippen molar-refractivity contribution in [1.82, 2.24) is 5.32 Å². The van der Waals surface area contributed by atoms with Gasteiger partial charge < -0.3 is 19.9 Å². The van der Waals surface area contributed by atoms with Gasteiger partial charge >= 0.3 is 5.97 Å². The molecule has 0 saturated heterocycles. The highest BCUT2D eigenvalue weighted by atomic mass is 16.5. The summed E-state index contributed by atoms with van der Waals surface area (Å²) in [4.78, 5) is 23.3. The van der Waals surface area contributed by atoms with Gasteiger partial charge in [-0.3, -0.25) is 9.59 Å². The van der Waals surface area contributed by atoms with Gasteiger partial charge in [-0.2, -0.15) is 0 Å². The molecule has 0 heterocycles. The van der Waals surface area contributed by atoms with E-state index < -0.39 is 5.97 Å². The van der Waals surface area contributed by atoms with Crippen LogP contribution in [0.5, 0.6) is 11.5 Å². The van der Waals surface area contributed by atoms with E-state index in [-0.39, 0.29) is 18.2 Å². The molecule has 0 aliphatic heterocycles. The Morgan fingerprint density at radius 3 is 2.53 bits per heavy atom. The van der Waals surface area contributed by atoms with E-state index in [1.54, 1.807) is 19.2 Å². The van der Waals surface area contributed by atoms with Gasteiger partial charge in [0, 0.05) is 24.1 Å². The molecule has 6 nitrogen and oxygen atoms in total. The molecule has 2 N–H and O–H groups in total. The summed E-state index contributed by atoms with van der Waals surface area (Å²) < 4.78 is 11.1. The van der Waals surface area contributed by atoms with Gasteiger partial charge in [-0.1, -0.05) is 32.0 Å². The summed E-state index contributed by atoms with van der Waals surface area (Å²) >= 11 is 0. The molecule has 0 aromatic heterocycles. The summed E-state index contributed by atoms with van der Waals surface area (Å²) in [5, 5.41) is 11.7. The fourth-order valence-corrected chi connectivity index (χ4v) is 3.15. The number of nitrogens with one attached hydrogen (secondary N) is 1. The van der Waals surface area contributed by atoms with E-state index in [1.807, 2.05) is 44.2 Å². The topological polar surface area (TPSA) is 84.9 Å². The van der Waals surface area contributed by atoms with Crippen molar-refractivity contribution >= 4 is 11.9 Å². The van der Waals surface area contributed by atoms with Crippen molar-refractivity contribution < 1.29 is 24.2 Å². The molecule has 2 aromatic carbocycles. The second-order valence-electron chi connectivity index (χ2n) is 7.45. The van der Waals surface area contributed by atoms with E-state index in [4.69, 9.17) is 14.6 Å². The molecule has 0 aliphatic rings. The smallest absolute Gasteiger partial charge is 0.303 e. The van der Waals surface area contributed by atoms with Crippen LogP contribution in [0, 0.1) is 0 Å². The van der Waals surface area contributed by atoms with E-state index >= 15 is 0 Å². The second kappa shape index (κ2) is 11.9. The van der Waals surface area contributed by atoms with Crippen LogP contribution in [-0.2, 0) is 11.3 Å². The van der Waals surface area contributed by atoms with E-state index in [1.165, 1.54) is 0 Å². The zero-order valence-electron chi connectivity index (χ0n) is 17.9. The highest BCUT2D eigenvalue weighted by molar-refractivity contribution is 5.96. The number of hydrogen-bond donors (Lipinski definition) is 2. The number of carboxylic acids is 1. The van der Waals surface area contributed by atoms with Gasteiger partial charge in [0.2, 0.25) is 0 Å². The van der Waals surface area contributed by atoms with E-state index in [0.717, 1.165) is 35.5 Å². The van der Waals surface area contributed by atoms with Crippen LogP contribution in [0.2, 0.25) is 0 Å². The number of carbonyl (C=O) groups excluding carboxylic acids is 1. The van der Waals surface area contributed by atoms with Crippen LogP contribution in [0.3, 0.4) is 0 Å². The summed E-state index contributed by atoms with van der Waals surface area (Å²) in [6, 6.07) is 13.1. The summed E-state index contributed by atoms with van der Waals surface area (Å²) in [5.74, 6) is 0.754. The SMILES string of the molecule is COc1ccc(C(=O)NCc2ccccc2OCCCCCC(=O)O)c(C(C)C)c1. The number of carbonyl (C=O) groups is 2. The molecule has 0 bridgehead atoms. The minimum atomic E-state index is -0.769. The maximum atomic E-state index is 12.8. The largest absolute Gasteiger partial charge is 0.497 e. The van der Waals surface area contributed by atoms with E-state index in [9.17, 15) is 9.59 Å². The van der Waals surface area contributed by atoms with Crippen LogP contribution in [0.25, 0.3) is 0 Å². The summed E-state index contributed by atoms with van der Waals surface area (Å²) in [6.07, 6.45) is 2.43. The van der Waals surface area contributed by atoms with Gasteiger partial charge in [-0.15, -0.1) is 0 Å². The molecule has 0 aliphatic carbocycles. The molecule has 2 rings (SSSR count). The van der Waals surface area contributed by atoms with Crippen LogP contribution in [0.1, 0.15) is 66.9 Å². The molecule has 0 radical (unpaired) electrons. The third kappa shape index (κ3) is 7.10. The van der Waals surface area contributed by atoms with Crippen LogP contribution in [0.4, 0.5) is 0 Å². The fraction of sp³-hybridized carbons (Fsp3) is 0.417. The van der Waals surface area contributed by atoms with Crippen molar-refractivity contribution in [3.8, 4) is 11.5 Å². The van der Waals surface area contributed by atoms with E-state index in [0.29, 0.717) is 25.1 Å². The molecule has 0 fully saturated rings. The molecule has 0 saturated carbocycles. The van der Waals surface area contributed by atoms with Crippen molar-refractivity contribution in [1.29, 1.82) is 0 Å². The third-order valence-electron chi connectivity index (χ3n) is 4.83. The minimum Gasteiger partial charge on any atom is -0.497 e. The van der Waals surface area contributed by atoms with Crippen LogP contribution in [0.15, 0.2) is 42.5 Å². The number of amides is 1. The quantitative estimate of drug-likeness (QED) is 0.490. The lowest BCUT2D eigenvalue weighted by Gasteiger charge is -2.15.